The molecule has 2 aromatic rings. The van der Waals surface area contributed by atoms with Gasteiger partial charge in [-0.2, -0.15) is 4.98 Å². The highest BCUT2D eigenvalue weighted by atomic mass is 79.9. The van der Waals surface area contributed by atoms with Gasteiger partial charge in [-0.3, -0.25) is 5.10 Å². The van der Waals surface area contributed by atoms with Gasteiger partial charge in [-0.25, -0.2) is 0 Å². The molecule has 2 atom stereocenters. The molecule has 112 valence electrons. The lowest BCUT2D eigenvalue weighted by atomic mass is 10.1. The lowest BCUT2D eigenvalue weighted by molar-refractivity contribution is 0.403. The van der Waals surface area contributed by atoms with Gasteiger partial charge in [-0.05, 0) is 38.5 Å². The van der Waals surface area contributed by atoms with Gasteiger partial charge in [-0.1, -0.05) is 22.0 Å². The minimum Gasteiger partial charge on any atom is -0.336 e. The van der Waals surface area contributed by atoms with E-state index in [4.69, 9.17) is 0 Å². The van der Waals surface area contributed by atoms with Crippen molar-refractivity contribution in [3.63, 3.8) is 0 Å². The van der Waals surface area contributed by atoms with Crippen molar-refractivity contribution in [3.05, 3.63) is 28.2 Å². The third kappa shape index (κ3) is 3.11. The van der Waals surface area contributed by atoms with Gasteiger partial charge in [0, 0.05) is 35.2 Å². The predicted octanol–water partition coefficient (Wildman–Crippen LogP) is 2.73. The molecule has 6 heteroatoms. The molecule has 5 nitrogen and oxygen atoms in total. The summed E-state index contributed by atoms with van der Waals surface area (Å²) in [5.41, 5.74) is 2.26. The van der Waals surface area contributed by atoms with E-state index in [1.54, 1.807) is 0 Å². The molecule has 1 aromatic heterocycles. The van der Waals surface area contributed by atoms with E-state index in [0.717, 1.165) is 34.9 Å². The highest BCUT2D eigenvalue weighted by Crippen LogP contribution is 2.27. The van der Waals surface area contributed by atoms with Gasteiger partial charge in [0.2, 0.25) is 5.95 Å². The fourth-order valence-corrected chi connectivity index (χ4v) is 3.50. The maximum Gasteiger partial charge on any atom is 0.245 e. The van der Waals surface area contributed by atoms with Crippen molar-refractivity contribution in [1.82, 2.24) is 20.5 Å². The lowest BCUT2D eigenvalue weighted by Gasteiger charge is -2.35. The van der Waals surface area contributed by atoms with Crippen molar-refractivity contribution in [2.45, 2.75) is 32.9 Å². The average Bonchev–Trinajstić information content (AvgIpc) is 2.87. The Kier molecular flexibility index (Phi) is 3.99. The van der Waals surface area contributed by atoms with Gasteiger partial charge >= 0.3 is 0 Å². The zero-order chi connectivity index (χ0) is 15.0. The first kappa shape index (κ1) is 14.5. The number of H-pyrrole nitrogens is 1. The summed E-state index contributed by atoms with van der Waals surface area (Å²) in [6.45, 7) is 8.30. The SMILES string of the molecule is Cc1ccc(-c2nc(N3CC(C)NC(C)C3)n[nH]2)c(Br)c1. The number of aryl methyl sites for hydroxylation is 1. The molecule has 2 unspecified atom stereocenters. The fraction of sp³-hybridized carbons (Fsp3) is 0.467. The van der Waals surface area contributed by atoms with E-state index in [1.807, 2.05) is 0 Å². The summed E-state index contributed by atoms with van der Waals surface area (Å²) in [6.07, 6.45) is 0. The van der Waals surface area contributed by atoms with Gasteiger partial charge < -0.3 is 10.2 Å². The molecule has 0 bridgehead atoms. The van der Waals surface area contributed by atoms with Crippen molar-refractivity contribution in [1.29, 1.82) is 0 Å². The van der Waals surface area contributed by atoms with E-state index in [-0.39, 0.29) is 0 Å². The number of halogens is 1. The predicted molar refractivity (Wildman–Crippen MR) is 88.5 cm³/mol. The molecular weight excluding hydrogens is 330 g/mol. The molecule has 1 aromatic carbocycles. The molecule has 1 aliphatic rings. The number of rotatable bonds is 2. The number of hydrogen-bond donors (Lipinski definition) is 2. The van der Waals surface area contributed by atoms with E-state index in [0.29, 0.717) is 12.1 Å². The van der Waals surface area contributed by atoms with Crippen LogP contribution in [0.4, 0.5) is 5.95 Å². The minimum absolute atomic E-state index is 0.446. The standard InChI is InChI=1S/C15H20BrN5/c1-9-4-5-12(13(16)6-9)14-18-15(20-19-14)21-7-10(2)17-11(3)8-21/h4-6,10-11,17H,7-8H2,1-3H3,(H,18,19,20). The van der Waals surface area contributed by atoms with Crippen LogP contribution in [-0.4, -0.2) is 40.4 Å². The highest BCUT2D eigenvalue weighted by Gasteiger charge is 2.24. The summed E-state index contributed by atoms with van der Waals surface area (Å²) in [4.78, 5) is 6.90. The number of piperazine rings is 1. The Morgan fingerprint density at radius 2 is 1.95 bits per heavy atom. The number of anilines is 1. The third-order valence-electron chi connectivity index (χ3n) is 3.69. The molecule has 1 saturated heterocycles. The average molecular weight is 350 g/mol. The minimum atomic E-state index is 0.446. The monoisotopic (exact) mass is 349 g/mol. The Labute approximate surface area is 133 Å². The second-order valence-electron chi connectivity index (χ2n) is 5.84. The van der Waals surface area contributed by atoms with Crippen LogP contribution in [0, 0.1) is 6.92 Å². The third-order valence-corrected chi connectivity index (χ3v) is 4.35. The summed E-state index contributed by atoms with van der Waals surface area (Å²) < 4.78 is 1.03. The first-order chi connectivity index (χ1) is 10.0. The molecule has 2 heterocycles. The lowest BCUT2D eigenvalue weighted by Crippen LogP contribution is -2.54. The zero-order valence-electron chi connectivity index (χ0n) is 12.5. The second kappa shape index (κ2) is 5.77. The van der Waals surface area contributed by atoms with Crippen LogP contribution in [0.3, 0.4) is 0 Å². The molecule has 1 aliphatic heterocycles. The molecule has 0 saturated carbocycles. The first-order valence-electron chi connectivity index (χ1n) is 7.23. The number of aromatic nitrogens is 3. The van der Waals surface area contributed by atoms with Crippen molar-refractivity contribution in [2.75, 3.05) is 18.0 Å². The van der Waals surface area contributed by atoms with Gasteiger partial charge in [0.25, 0.3) is 0 Å². The molecule has 0 radical (unpaired) electrons. The van der Waals surface area contributed by atoms with Crippen molar-refractivity contribution < 1.29 is 0 Å². The van der Waals surface area contributed by atoms with Crippen LogP contribution >= 0.6 is 15.9 Å². The summed E-state index contributed by atoms with van der Waals surface area (Å²) in [6, 6.07) is 7.12. The number of hydrogen-bond acceptors (Lipinski definition) is 4. The van der Waals surface area contributed by atoms with Crippen LogP contribution in [0.25, 0.3) is 11.4 Å². The van der Waals surface area contributed by atoms with E-state index in [1.165, 1.54) is 5.56 Å². The second-order valence-corrected chi connectivity index (χ2v) is 6.70. The molecule has 0 aliphatic carbocycles. The summed E-state index contributed by atoms with van der Waals surface area (Å²) in [7, 11) is 0. The molecule has 21 heavy (non-hydrogen) atoms. The molecule has 2 N–H and O–H groups in total. The molecule has 1 fully saturated rings. The Hall–Kier alpha value is -1.40. The highest BCUT2D eigenvalue weighted by molar-refractivity contribution is 9.10. The normalized spacial score (nSPS) is 22.6. The van der Waals surface area contributed by atoms with Crippen LogP contribution in [0.5, 0.6) is 0 Å². The van der Waals surface area contributed by atoms with E-state index in [2.05, 4.69) is 80.3 Å². The molecule has 3 rings (SSSR count). The summed E-state index contributed by atoms with van der Waals surface area (Å²) >= 11 is 3.60. The van der Waals surface area contributed by atoms with Gasteiger partial charge in [-0.15, -0.1) is 5.10 Å². The van der Waals surface area contributed by atoms with Crippen LogP contribution in [0.15, 0.2) is 22.7 Å². The molecule has 0 spiro atoms. The van der Waals surface area contributed by atoms with E-state index < -0.39 is 0 Å². The van der Waals surface area contributed by atoms with Gasteiger partial charge in [0.05, 0.1) is 0 Å². The fourth-order valence-electron chi connectivity index (χ4n) is 2.82. The molecular formula is C15H20BrN5. The Morgan fingerprint density at radius 3 is 2.62 bits per heavy atom. The van der Waals surface area contributed by atoms with E-state index >= 15 is 0 Å². The smallest absolute Gasteiger partial charge is 0.245 e. The largest absolute Gasteiger partial charge is 0.336 e. The van der Waals surface area contributed by atoms with Crippen LogP contribution in [-0.2, 0) is 0 Å². The Balaban J connectivity index is 1.86. The molecule has 0 amide bonds. The number of aromatic amines is 1. The maximum atomic E-state index is 4.67. The Bertz CT molecular complexity index is 629. The number of nitrogens with zero attached hydrogens (tertiary/aromatic N) is 3. The van der Waals surface area contributed by atoms with Crippen LogP contribution < -0.4 is 10.2 Å². The van der Waals surface area contributed by atoms with Gasteiger partial charge in [0.15, 0.2) is 5.82 Å². The van der Waals surface area contributed by atoms with E-state index in [9.17, 15) is 0 Å². The summed E-state index contributed by atoms with van der Waals surface area (Å²) in [5.74, 6) is 1.58. The van der Waals surface area contributed by atoms with Gasteiger partial charge in [0.1, 0.15) is 0 Å². The summed E-state index contributed by atoms with van der Waals surface area (Å²) in [5, 5.41) is 11.0. The number of nitrogens with one attached hydrogen (secondary N) is 2. The Morgan fingerprint density at radius 1 is 1.24 bits per heavy atom. The van der Waals surface area contributed by atoms with Crippen molar-refractivity contribution >= 4 is 21.9 Å². The quantitative estimate of drug-likeness (QED) is 0.875. The topological polar surface area (TPSA) is 56.8 Å². The maximum absolute atomic E-state index is 4.67. The van der Waals surface area contributed by atoms with Crippen molar-refractivity contribution in [2.24, 2.45) is 0 Å². The zero-order valence-corrected chi connectivity index (χ0v) is 14.1. The van der Waals surface area contributed by atoms with Crippen LogP contribution in [0.2, 0.25) is 0 Å². The van der Waals surface area contributed by atoms with Crippen LogP contribution in [0.1, 0.15) is 19.4 Å². The first-order valence-corrected chi connectivity index (χ1v) is 8.02. The number of benzene rings is 1. The van der Waals surface area contributed by atoms with Crippen molar-refractivity contribution in [3.8, 4) is 11.4 Å².